The van der Waals surface area contributed by atoms with E-state index in [9.17, 15) is 15.2 Å². The summed E-state index contributed by atoms with van der Waals surface area (Å²) in [7, 11) is 0. The number of aliphatic hydroxyl groups is 1. The maximum Gasteiger partial charge on any atom is 0.238 e. The molecule has 0 aromatic heterocycles. The summed E-state index contributed by atoms with van der Waals surface area (Å²) in [4.78, 5) is 16.4. The number of hydrogen-bond acceptors (Lipinski definition) is 5. The van der Waals surface area contributed by atoms with Gasteiger partial charge in [-0.3, -0.25) is 9.69 Å². The van der Waals surface area contributed by atoms with Crippen molar-refractivity contribution in [2.45, 2.75) is 24.9 Å². The molecule has 0 spiro atoms. The van der Waals surface area contributed by atoms with Crippen LogP contribution in [0.2, 0.25) is 0 Å². The first kappa shape index (κ1) is 18.6. The highest BCUT2D eigenvalue weighted by Crippen LogP contribution is 2.42. The Hall–Kier alpha value is -2.20. The van der Waals surface area contributed by atoms with Gasteiger partial charge in [0.15, 0.2) is 0 Å². The molecule has 0 aliphatic carbocycles. The van der Waals surface area contributed by atoms with E-state index < -0.39 is 6.04 Å². The van der Waals surface area contributed by atoms with Crippen LogP contribution in [0, 0.1) is 11.3 Å². The summed E-state index contributed by atoms with van der Waals surface area (Å²) in [6, 6.07) is 9.23. The summed E-state index contributed by atoms with van der Waals surface area (Å²) in [6.45, 7) is 4.74. The molecule has 6 nitrogen and oxygen atoms in total. The fraction of sp³-hybridized carbons (Fsp3) is 0.500. The number of nitrogens with zero attached hydrogens (tertiary/aromatic N) is 3. The minimum Gasteiger partial charge on any atom is -0.394 e. The van der Waals surface area contributed by atoms with Gasteiger partial charge in [0, 0.05) is 19.0 Å². The van der Waals surface area contributed by atoms with Gasteiger partial charge < -0.3 is 14.7 Å². The second-order valence-electron chi connectivity index (χ2n) is 6.67. The Morgan fingerprint density at radius 1 is 1.38 bits per heavy atom. The summed E-state index contributed by atoms with van der Waals surface area (Å²) in [5, 5.41) is 19.6. The van der Waals surface area contributed by atoms with Crippen LogP contribution in [-0.2, 0) is 9.53 Å². The second kappa shape index (κ2) is 8.45. The van der Waals surface area contributed by atoms with Crippen molar-refractivity contribution < 1.29 is 14.6 Å². The molecule has 0 radical (unpaired) electrons. The topological polar surface area (TPSA) is 76.8 Å². The van der Waals surface area contributed by atoms with Crippen LogP contribution in [-0.4, -0.2) is 72.4 Å². The zero-order chi connectivity index (χ0) is 18.5. The quantitative estimate of drug-likeness (QED) is 0.860. The van der Waals surface area contributed by atoms with E-state index in [1.54, 1.807) is 4.90 Å². The molecular weight excluding hydrogens is 330 g/mol. The third-order valence-electron chi connectivity index (χ3n) is 5.18. The van der Waals surface area contributed by atoms with Crippen LogP contribution >= 0.6 is 0 Å². The van der Waals surface area contributed by atoms with Crippen LogP contribution in [0.4, 0.5) is 0 Å². The lowest BCUT2D eigenvalue weighted by Crippen LogP contribution is -2.66. The number of carbonyl (C=O) groups is 1. The molecule has 3 atom stereocenters. The van der Waals surface area contributed by atoms with Gasteiger partial charge in [0.2, 0.25) is 5.91 Å². The van der Waals surface area contributed by atoms with Gasteiger partial charge in [-0.15, -0.1) is 0 Å². The lowest BCUT2D eigenvalue weighted by Gasteiger charge is -2.52. The van der Waals surface area contributed by atoms with E-state index in [0.29, 0.717) is 26.3 Å². The first-order valence-corrected chi connectivity index (χ1v) is 9.04. The monoisotopic (exact) mass is 355 g/mol. The van der Waals surface area contributed by atoms with Gasteiger partial charge in [0.25, 0.3) is 0 Å². The number of likely N-dealkylation sites (tertiary alicyclic amines) is 1. The van der Waals surface area contributed by atoms with Gasteiger partial charge in [-0.05, 0) is 18.1 Å². The molecule has 26 heavy (non-hydrogen) atoms. The van der Waals surface area contributed by atoms with Crippen LogP contribution in [0.25, 0.3) is 6.08 Å². The minimum atomic E-state index is -0.549. The first-order chi connectivity index (χ1) is 12.7. The fourth-order valence-corrected chi connectivity index (χ4v) is 3.90. The van der Waals surface area contributed by atoms with E-state index in [1.165, 1.54) is 0 Å². The average Bonchev–Trinajstić information content (AvgIpc) is 2.64. The lowest BCUT2D eigenvalue weighted by atomic mass is 9.74. The third-order valence-corrected chi connectivity index (χ3v) is 5.18. The Balaban J connectivity index is 1.80. The van der Waals surface area contributed by atoms with E-state index in [0.717, 1.165) is 11.1 Å². The van der Waals surface area contributed by atoms with Gasteiger partial charge in [-0.2, -0.15) is 5.26 Å². The summed E-state index contributed by atoms with van der Waals surface area (Å²) in [5.74, 6) is -0.275. The van der Waals surface area contributed by atoms with Crippen molar-refractivity contribution in [2.24, 2.45) is 0 Å². The third kappa shape index (κ3) is 3.51. The van der Waals surface area contributed by atoms with Crippen LogP contribution in [0.3, 0.4) is 0 Å². The van der Waals surface area contributed by atoms with Crippen LogP contribution < -0.4 is 0 Å². The zero-order valence-electron chi connectivity index (χ0n) is 15.0. The maximum atomic E-state index is 12.8. The molecule has 2 aliphatic heterocycles. The summed E-state index contributed by atoms with van der Waals surface area (Å²) in [6.07, 6.45) is 3.95. The Morgan fingerprint density at radius 2 is 2.12 bits per heavy atom. The number of morpholine rings is 1. The van der Waals surface area contributed by atoms with Gasteiger partial charge in [-0.25, -0.2) is 0 Å². The average molecular weight is 355 g/mol. The molecule has 6 heteroatoms. The number of hydrogen-bond donors (Lipinski definition) is 1. The molecule has 0 bridgehead atoms. The SMILES string of the molecule is C/C=C/c1ccccc1[C@@H]1[C@H](C#N)N(C(=O)CN2CCOCC2)[C@H]1CO. The molecule has 3 rings (SSSR count). The van der Waals surface area contributed by atoms with E-state index in [1.807, 2.05) is 48.2 Å². The first-order valence-electron chi connectivity index (χ1n) is 9.04. The predicted molar refractivity (Wildman–Crippen MR) is 98.3 cm³/mol. The highest BCUT2D eigenvalue weighted by Gasteiger charge is 2.52. The smallest absolute Gasteiger partial charge is 0.238 e. The number of aliphatic hydroxyl groups excluding tert-OH is 1. The molecular formula is C20H25N3O3. The number of allylic oxidation sites excluding steroid dienone is 1. The number of amides is 1. The number of benzene rings is 1. The van der Waals surface area contributed by atoms with Crippen molar-refractivity contribution in [1.82, 2.24) is 9.80 Å². The Morgan fingerprint density at radius 3 is 2.77 bits per heavy atom. The van der Waals surface area contributed by atoms with Crippen LogP contribution in [0.15, 0.2) is 30.3 Å². The molecule has 138 valence electrons. The standard InChI is InChI=1S/C20H25N3O3/c1-2-5-15-6-3-4-7-16(15)20-17(12-21)23(18(20)14-24)19(25)13-22-8-10-26-11-9-22/h2-7,17-18,20,24H,8-11,13-14H2,1H3/b5-2+/t17-,18-,20+/m0/s1. The van der Waals surface area contributed by atoms with E-state index in [4.69, 9.17) is 4.74 Å². The van der Waals surface area contributed by atoms with Gasteiger partial charge in [-0.1, -0.05) is 36.4 Å². The molecule has 2 heterocycles. The van der Waals surface area contributed by atoms with Crippen molar-refractivity contribution in [3.8, 4) is 6.07 Å². The van der Waals surface area contributed by atoms with E-state index in [2.05, 4.69) is 6.07 Å². The number of rotatable bonds is 5. The Bertz CT molecular complexity index is 706. The zero-order valence-corrected chi connectivity index (χ0v) is 15.0. The van der Waals surface area contributed by atoms with Gasteiger partial charge in [0.1, 0.15) is 6.04 Å². The molecule has 1 aromatic rings. The Kier molecular flexibility index (Phi) is 6.04. The number of nitriles is 1. The molecule has 0 saturated carbocycles. The lowest BCUT2D eigenvalue weighted by molar-refractivity contribution is -0.149. The summed E-state index contributed by atoms with van der Waals surface area (Å²) < 4.78 is 5.31. The van der Waals surface area contributed by atoms with Gasteiger partial charge >= 0.3 is 0 Å². The van der Waals surface area contributed by atoms with Crippen molar-refractivity contribution in [2.75, 3.05) is 39.5 Å². The minimum absolute atomic E-state index is 0.0998. The molecule has 0 unspecified atom stereocenters. The number of ether oxygens (including phenoxy) is 1. The van der Waals surface area contributed by atoms with E-state index >= 15 is 0 Å². The van der Waals surface area contributed by atoms with Gasteiger partial charge in [0.05, 0.1) is 38.5 Å². The van der Waals surface area contributed by atoms with Crippen molar-refractivity contribution in [1.29, 1.82) is 5.26 Å². The fourth-order valence-electron chi connectivity index (χ4n) is 3.90. The maximum absolute atomic E-state index is 12.8. The van der Waals surface area contributed by atoms with Crippen molar-refractivity contribution in [3.63, 3.8) is 0 Å². The van der Waals surface area contributed by atoms with Crippen LogP contribution in [0.1, 0.15) is 24.0 Å². The van der Waals surface area contributed by atoms with Crippen molar-refractivity contribution in [3.05, 3.63) is 41.5 Å². The normalized spacial score (nSPS) is 26.5. The Labute approximate surface area is 154 Å². The molecule has 2 saturated heterocycles. The summed E-state index contributed by atoms with van der Waals surface area (Å²) >= 11 is 0. The second-order valence-corrected chi connectivity index (χ2v) is 6.67. The molecule has 2 aliphatic rings. The molecule has 1 N–H and O–H groups in total. The predicted octanol–water partition coefficient (Wildman–Crippen LogP) is 1.23. The van der Waals surface area contributed by atoms with E-state index in [-0.39, 0.29) is 31.0 Å². The number of carbonyl (C=O) groups excluding carboxylic acids is 1. The molecule has 1 aromatic carbocycles. The largest absolute Gasteiger partial charge is 0.394 e. The molecule has 1 amide bonds. The highest BCUT2D eigenvalue weighted by molar-refractivity contribution is 5.81. The van der Waals surface area contributed by atoms with Crippen molar-refractivity contribution >= 4 is 12.0 Å². The summed E-state index contributed by atoms with van der Waals surface area (Å²) in [5.41, 5.74) is 2.03. The molecule has 2 fully saturated rings. The highest BCUT2D eigenvalue weighted by atomic mass is 16.5. The van der Waals surface area contributed by atoms with Crippen LogP contribution in [0.5, 0.6) is 0 Å².